The molecule has 170 valence electrons. The van der Waals surface area contributed by atoms with Gasteiger partial charge in [-0.15, -0.1) is 0 Å². The van der Waals surface area contributed by atoms with Crippen molar-refractivity contribution in [2.75, 3.05) is 36.5 Å². The SMILES string of the molecule is Cc1ccc(-c2ccc(C(=O)Nc3ccc([N+](=O)[O-])cc3N3CCOCC3)o2)c([N+](=O)[O-])c1. The number of aryl methyl sites for hydroxylation is 1. The van der Waals surface area contributed by atoms with E-state index in [9.17, 15) is 25.0 Å². The summed E-state index contributed by atoms with van der Waals surface area (Å²) in [5.41, 5.74) is 1.65. The molecule has 0 unspecified atom stereocenters. The summed E-state index contributed by atoms with van der Waals surface area (Å²) in [6.45, 7) is 3.71. The van der Waals surface area contributed by atoms with Crippen LogP contribution < -0.4 is 10.2 Å². The number of morpholine rings is 1. The number of benzene rings is 2. The molecule has 2 aromatic carbocycles. The van der Waals surface area contributed by atoms with Crippen molar-refractivity contribution < 1.29 is 23.8 Å². The van der Waals surface area contributed by atoms with E-state index >= 15 is 0 Å². The lowest BCUT2D eigenvalue weighted by molar-refractivity contribution is -0.384. The monoisotopic (exact) mass is 452 g/mol. The zero-order valence-electron chi connectivity index (χ0n) is 17.6. The highest BCUT2D eigenvalue weighted by Crippen LogP contribution is 2.34. The lowest BCUT2D eigenvalue weighted by Crippen LogP contribution is -2.36. The van der Waals surface area contributed by atoms with Crippen molar-refractivity contribution in [1.82, 2.24) is 0 Å². The standard InChI is InChI=1S/C22H20N4O7/c1-14-2-4-16(18(12-14)26(30)31)20-6-7-21(33-20)22(27)23-17-5-3-15(25(28)29)13-19(17)24-8-10-32-11-9-24/h2-7,12-13H,8-11H2,1H3,(H,23,27). The van der Waals surface area contributed by atoms with E-state index in [1.807, 2.05) is 4.90 Å². The number of amides is 1. The van der Waals surface area contributed by atoms with E-state index in [0.717, 1.165) is 5.56 Å². The molecule has 1 amide bonds. The van der Waals surface area contributed by atoms with Crippen LogP contribution in [0.3, 0.4) is 0 Å². The predicted octanol–water partition coefficient (Wildman–Crippen LogP) is 4.16. The maximum Gasteiger partial charge on any atom is 0.291 e. The molecule has 0 radical (unpaired) electrons. The molecule has 11 heteroatoms. The molecule has 1 aliphatic heterocycles. The molecule has 3 aromatic rings. The molecule has 1 saturated heterocycles. The first kappa shape index (κ1) is 22.0. The third-order valence-corrected chi connectivity index (χ3v) is 5.24. The number of rotatable bonds is 6. The third-order valence-electron chi connectivity index (χ3n) is 5.24. The number of carbonyl (C=O) groups excluding carboxylic acids is 1. The fraction of sp³-hybridized carbons (Fsp3) is 0.227. The van der Waals surface area contributed by atoms with E-state index in [-0.39, 0.29) is 28.5 Å². The van der Waals surface area contributed by atoms with Crippen LogP contribution in [0.4, 0.5) is 22.7 Å². The number of hydrogen-bond acceptors (Lipinski definition) is 8. The fourth-order valence-corrected chi connectivity index (χ4v) is 3.59. The van der Waals surface area contributed by atoms with E-state index in [0.29, 0.717) is 37.7 Å². The summed E-state index contributed by atoms with van der Waals surface area (Å²) in [5, 5.41) is 25.4. The van der Waals surface area contributed by atoms with E-state index in [1.165, 1.54) is 36.4 Å². The van der Waals surface area contributed by atoms with E-state index < -0.39 is 15.8 Å². The minimum atomic E-state index is -0.584. The van der Waals surface area contributed by atoms with Gasteiger partial charge in [-0.05, 0) is 36.8 Å². The number of nitrogens with one attached hydrogen (secondary N) is 1. The number of non-ortho nitro benzene ring substituents is 1. The van der Waals surface area contributed by atoms with Crippen LogP contribution in [0, 0.1) is 27.2 Å². The van der Waals surface area contributed by atoms with E-state index in [1.54, 1.807) is 19.1 Å². The molecule has 1 aromatic heterocycles. The van der Waals surface area contributed by atoms with Crippen molar-refractivity contribution in [2.24, 2.45) is 0 Å². The Bertz CT molecular complexity index is 1230. The summed E-state index contributed by atoms with van der Waals surface area (Å²) in [6.07, 6.45) is 0. The van der Waals surface area contributed by atoms with Gasteiger partial charge in [0.1, 0.15) is 5.76 Å². The lowest BCUT2D eigenvalue weighted by atomic mass is 10.1. The lowest BCUT2D eigenvalue weighted by Gasteiger charge is -2.30. The van der Waals surface area contributed by atoms with E-state index in [2.05, 4.69) is 5.32 Å². The van der Waals surface area contributed by atoms with Crippen molar-refractivity contribution >= 4 is 28.7 Å². The van der Waals surface area contributed by atoms with Crippen LogP contribution in [0.2, 0.25) is 0 Å². The van der Waals surface area contributed by atoms with Gasteiger partial charge < -0.3 is 19.4 Å². The van der Waals surface area contributed by atoms with Crippen molar-refractivity contribution in [3.05, 3.63) is 80.1 Å². The molecule has 0 bridgehead atoms. The van der Waals surface area contributed by atoms with Gasteiger partial charge in [-0.1, -0.05) is 6.07 Å². The molecule has 2 heterocycles. The summed E-state index contributed by atoms with van der Waals surface area (Å²) in [5.74, 6) is -0.450. The maximum atomic E-state index is 12.9. The Morgan fingerprint density at radius 3 is 2.45 bits per heavy atom. The van der Waals surface area contributed by atoms with E-state index in [4.69, 9.17) is 9.15 Å². The smallest absolute Gasteiger partial charge is 0.291 e. The Kier molecular flexibility index (Phi) is 6.05. The van der Waals surface area contributed by atoms with Gasteiger partial charge in [0.25, 0.3) is 17.3 Å². The molecule has 4 rings (SSSR count). The molecular formula is C22H20N4O7. The largest absolute Gasteiger partial charge is 0.451 e. The van der Waals surface area contributed by atoms with Gasteiger partial charge >= 0.3 is 0 Å². The molecule has 0 saturated carbocycles. The first-order chi connectivity index (χ1) is 15.8. The highest BCUT2D eigenvalue weighted by atomic mass is 16.6. The van der Waals surface area contributed by atoms with Crippen LogP contribution in [0.15, 0.2) is 52.9 Å². The molecule has 0 atom stereocenters. The highest BCUT2D eigenvalue weighted by molar-refractivity contribution is 6.04. The minimum Gasteiger partial charge on any atom is -0.451 e. The topological polar surface area (TPSA) is 141 Å². The second-order valence-electron chi connectivity index (χ2n) is 7.45. The average molecular weight is 452 g/mol. The second-order valence-corrected chi connectivity index (χ2v) is 7.45. The van der Waals surface area contributed by atoms with Gasteiger partial charge in [-0.3, -0.25) is 25.0 Å². The Labute approximate surface area is 187 Å². The number of hydrogen-bond donors (Lipinski definition) is 1. The molecule has 1 fully saturated rings. The summed E-state index contributed by atoms with van der Waals surface area (Å²) in [7, 11) is 0. The van der Waals surface area contributed by atoms with Crippen LogP contribution in [-0.4, -0.2) is 42.1 Å². The number of nitrogens with zero attached hydrogens (tertiary/aromatic N) is 3. The number of ether oxygens (including phenoxy) is 1. The quantitative estimate of drug-likeness (QED) is 0.434. The summed E-state index contributed by atoms with van der Waals surface area (Å²) < 4.78 is 11.0. The van der Waals surface area contributed by atoms with Crippen LogP contribution in [0.5, 0.6) is 0 Å². The normalized spacial score (nSPS) is 13.5. The molecule has 11 nitrogen and oxygen atoms in total. The van der Waals surface area contributed by atoms with Crippen LogP contribution in [0.25, 0.3) is 11.3 Å². The number of nitro benzene ring substituents is 2. The Balaban J connectivity index is 1.62. The predicted molar refractivity (Wildman–Crippen MR) is 120 cm³/mol. The molecular weight excluding hydrogens is 432 g/mol. The van der Waals surface area contributed by atoms with Gasteiger partial charge in [0.2, 0.25) is 0 Å². The Hall–Kier alpha value is -4.25. The van der Waals surface area contributed by atoms with Gasteiger partial charge in [0, 0.05) is 31.3 Å². The number of anilines is 2. The van der Waals surface area contributed by atoms with Crippen LogP contribution in [0.1, 0.15) is 16.1 Å². The van der Waals surface area contributed by atoms with Gasteiger partial charge in [0.05, 0.1) is 40.0 Å². The van der Waals surface area contributed by atoms with Crippen molar-refractivity contribution in [1.29, 1.82) is 0 Å². The first-order valence-corrected chi connectivity index (χ1v) is 10.1. The number of furan rings is 1. The molecule has 1 aliphatic rings. The van der Waals surface area contributed by atoms with Crippen molar-refractivity contribution in [3.8, 4) is 11.3 Å². The summed E-state index contributed by atoms with van der Waals surface area (Å²) in [4.78, 5) is 36.4. The van der Waals surface area contributed by atoms with Gasteiger partial charge in [-0.25, -0.2) is 0 Å². The highest BCUT2D eigenvalue weighted by Gasteiger charge is 2.23. The maximum absolute atomic E-state index is 12.9. The number of carbonyl (C=O) groups is 1. The molecule has 0 spiro atoms. The Morgan fingerprint density at radius 1 is 1.00 bits per heavy atom. The molecule has 33 heavy (non-hydrogen) atoms. The second kappa shape index (κ2) is 9.09. The minimum absolute atomic E-state index is 0.0499. The average Bonchev–Trinajstić information content (AvgIpc) is 3.30. The summed E-state index contributed by atoms with van der Waals surface area (Å²) >= 11 is 0. The summed E-state index contributed by atoms with van der Waals surface area (Å²) in [6, 6.07) is 11.8. The van der Waals surface area contributed by atoms with Crippen molar-refractivity contribution in [3.63, 3.8) is 0 Å². The van der Waals surface area contributed by atoms with Gasteiger partial charge in [-0.2, -0.15) is 0 Å². The molecule has 1 N–H and O–H groups in total. The zero-order chi connectivity index (χ0) is 23.5. The Morgan fingerprint density at radius 2 is 1.76 bits per heavy atom. The van der Waals surface area contributed by atoms with Gasteiger partial charge in [0.15, 0.2) is 5.76 Å². The first-order valence-electron chi connectivity index (χ1n) is 10.1. The van der Waals surface area contributed by atoms with Crippen molar-refractivity contribution in [2.45, 2.75) is 6.92 Å². The fourth-order valence-electron chi connectivity index (χ4n) is 3.59. The third kappa shape index (κ3) is 4.67. The molecule has 0 aliphatic carbocycles. The van der Waals surface area contributed by atoms with Crippen LogP contribution >= 0.6 is 0 Å². The number of nitro groups is 2. The zero-order valence-corrected chi connectivity index (χ0v) is 17.6. The van der Waals surface area contributed by atoms with Crippen LogP contribution in [-0.2, 0) is 4.74 Å².